The quantitative estimate of drug-likeness (QED) is 0.0672. The number of hydrogen-bond donors (Lipinski definition) is 3. The number of unbranched alkanes of at least 4 members (excludes halogenated alkanes) is 2. The molecule has 3 amide bonds. The Morgan fingerprint density at radius 3 is 2.53 bits per heavy atom. The Balaban J connectivity index is 0.737. The third kappa shape index (κ3) is 9.25. The number of pyridine rings is 2. The molecule has 0 aliphatic carbocycles. The van der Waals surface area contributed by atoms with Crippen molar-refractivity contribution in [3.8, 4) is 28.3 Å². The molecule has 3 N–H and O–H groups in total. The van der Waals surface area contributed by atoms with E-state index in [0.717, 1.165) is 81.3 Å². The van der Waals surface area contributed by atoms with Crippen molar-refractivity contribution in [1.29, 1.82) is 0 Å². The van der Waals surface area contributed by atoms with Crippen molar-refractivity contribution < 1.29 is 32.7 Å². The first-order valence-corrected chi connectivity index (χ1v) is 21.7. The number of amides is 3. The molecule has 2 fully saturated rings. The van der Waals surface area contributed by atoms with Gasteiger partial charge in [-0.3, -0.25) is 9.00 Å². The van der Waals surface area contributed by atoms with Crippen LogP contribution in [0.15, 0.2) is 79.1 Å². The van der Waals surface area contributed by atoms with Crippen LogP contribution in [0.4, 0.5) is 4.79 Å². The first-order chi connectivity index (χ1) is 29.0. The molecule has 6 aromatic rings. The van der Waals surface area contributed by atoms with Crippen LogP contribution in [-0.4, -0.2) is 117 Å². The van der Waals surface area contributed by atoms with Gasteiger partial charge in [0.1, 0.15) is 11.4 Å². The van der Waals surface area contributed by atoms with Crippen LogP contribution >= 0.6 is 0 Å². The van der Waals surface area contributed by atoms with Gasteiger partial charge in [0.25, 0.3) is 0 Å². The number of nitrogens with one attached hydrogen (secondary N) is 3. The monoisotopic (exact) mass is 822 g/mol. The second-order valence-electron chi connectivity index (χ2n) is 14.7. The molecule has 2 unspecified atom stereocenters. The van der Waals surface area contributed by atoms with Gasteiger partial charge >= 0.3 is 6.03 Å². The van der Waals surface area contributed by atoms with Crippen molar-refractivity contribution in [2.75, 3.05) is 59.0 Å². The maximum Gasteiger partial charge on any atom is 0.315 e. The largest absolute Gasteiger partial charge is 0.497 e. The van der Waals surface area contributed by atoms with Gasteiger partial charge in [-0.2, -0.15) is 0 Å². The molecule has 15 nitrogen and oxygen atoms in total. The maximum absolute atomic E-state index is 12.4. The molecule has 0 saturated carbocycles. The predicted octanol–water partition coefficient (Wildman–Crippen LogP) is 4.87. The molecule has 59 heavy (non-hydrogen) atoms. The number of carbonyl (C=O) groups is 2. The van der Waals surface area contributed by atoms with Gasteiger partial charge < -0.3 is 39.3 Å². The fourth-order valence-corrected chi connectivity index (χ4v) is 9.98. The van der Waals surface area contributed by atoms with E-state index in [4.69, 9.17) is 23.9 Å². The van der Waals surface area contributed by atoms with Crippen LogP contribution in [0, 0.1) is 0 Å². The summed E-state index contributed by atoms with van der Waals surface area (Å²) < 4.78 is 38.9. The second kappa shape index (κ2) is 19.1. The first-order valence-electron chi connectivity index (χ1n) is 20.3. The molecule has 0 spiro atoms. The van der Waals surface area contributed by atoms with Crippen LogP contribution in [0.25, 0.3) is 49.8 Å². The number of fused-ring (bicyclic) bond motifs is 6. The molecule has 2 aliphatic rings. The fourth-order valence-electron chi connectivity index (χ4n) is 8.07. The van der Waals surface area contributed by atoms with Crippen LogP contribution < -0.4 is 20.7 Å². The number of aromatic nitrogens is 5. The van der Waals surface area contributed by atoms with Gasteiger partial charge in [-0.25, -0.2) is 14.5 Å². The molecule has 310 valence electrons. The van der Waals surface area contributed by atoms with E-state index in [1.807, 2.05) is 60.8 Å². The van der Waals surface area contributed by atoms with E-state index in [0.29, 0.717) is 64.9 Å². The summed E-state index contributed by atoms with van der Waals surface area (Å²) in [4.78, 5) is 28.9. The lowest BCUT2D eigenvalue weighted by atomic mass is 10.0. The van der Waals surface area contributed by atoms with E-state index in [1.165, 1.54) is 0 Å². The minimum absolute atomic E-state index is 0.00152. The Labute approximate surface area is 344 Å². The standard InChI is InChI=1S/C43H50N8O7S/c1-55-30-16-14-29(15-17-30)40-42-38(31-9-5-6-10-32(31)45-40)39(35-11-7-8-19-51(35)42)33-27-50(49-48-33)20-22-57-24-26-58-25-23-56-21-18-44-37(52)13-4-2-3-12-36-41-34(28-59(36)54)46-43(53)47-41/h5-11,14-17,19,27,34,36,41H,2-4,12-13,18,20-26,28H2,1H3,(H,44,52)(H2,46,47,53)/t34-,36?,41-,59?/m0/s1. The Kier molecular flexibility index (Phi) is 13.1. The molecule has 2 saturated heterocycles. The van der Waals surface area contributed by atoms with Crippen LogP contribution in [0.3, 0.4) is 0 Å². The fraction of sp³-hybridized carbons (Fsp3) is 0.419. The van der Waals surface area contributed by atoms with Gasteiger partial charge in [0.15, 0.2) is 0 Å². The van der Waals surface area contributed by atoms with Crippen molar-refractivity contribution in [3.05, 3.63) is 79.1 Å². The zero-order chi connectivity index (χ0) is 40.6. The van der Waals surface area contributed by atoms with Crippen LogP contribution in [0.2, 0.25) is 0 Å². The number of nitrogens with zero attached hydrogens (tertiary/aromatic N) is 5. The van der Waals surface area contributed by atoms with Crippen molar-refractivity contribution >= 4 is 50.1 Å². The lowest BCUT2D eigenvalue weighted by Gasteiger charge is -2.16. The lowest BCUT2D eigenvalue weighted by Crippen LogP contribution is -2.38. The van der Waals surface area contributed by atoms with Gasteiger partial charge in [0, 0.05) is 57.6 Å². The first kappa shape index (κ1) is 40.4. The van der Waals surface area contributed by atoms with Crippen molar-refractivity contribution in [3.63, 3.8) is 0 Å². The zero-order valence-corrected chi connectivity index (χ0v) is 34.0. The number of hydrogen-bond acceptors (Lipinski definition) is 10. The number of benzene rings is 2. The van der Waals surface area contributed by atoms with Gasteiger partial charge in [0.2, 0.25) is 5.91 Å². The summed E-state index contributed by atoms with van der Waals surface area (Å²) in [5.74, 6) is 1.31. The number of carbonyl (C=O) groups excluding carboxylic acids is 2. The molecule has 2 aromatic carbocycles. The second-order valence-corrected chi connectivity index (χ2v) is 16.5. The molecular formula is C43H50N8O7S. The van der Waals surface area contributed by atoms with Gasteiger partial charge in [-0.1, -0.05) is 42.3 Å². The molecule has 0 radical (unpaired) electrons. The normalized spacial score (nSPS) is 18.7. The summed E-state index contributed by atoms with van der Waals surface area (Å²) in [7, 11) is 0.736. The van der Waals surface area contributed by atoms with Crippen molar-refractivity contribution in [1.82, 2.24) is 40.3 Å². The van der Waals surface area contributed by atoms with Crippen LogP contribution in [-0.2, 0) is 36.3 Å². The number of ether oxygens (including phenoxy) is 4. The molecule has 4 aromatic heterocycles. The van der Waals surface area contributed by atoms with E-state index in [2.05, 4.69) is 49.0 Å². The highest BCUT2D eigenvalue weighted by Gasteiger charge is 2.46. The SMILES string of the molecule is COc1ccc(-c2nc3ccccc3c3c(-c4cn(CCOCCOCCOCCNC(=O)CCCCCC5[C@H]6NC(=O)N[C@H]6CS5=O)nn4)c4ccccn4c23)cc1. The highest BCUT2D eigenvalue weighted by atomic mass is 32.2. The summed E-state index contributed by atoms with van der Waals surface area (Å²) in [6.45, 7) is 3.57. The third-order valence-corrected chi connectivity index (χ3v) is 12.8. The Hall–Kier alpha value is -5.42. The summed E-state index contributed by atoms with van der Waals surface area (Å²) in [6, 6.07) is 22.1. The van der Waals surface area contributed by atoms with E-state index in [1.54, 1.807) is 11.8 Å². The Bertz CT molecular complexity index is 2420. The average molecular weight is 823 g/mol. The Morgan fingerprint density at radius 1 is 0.915 bits per heavy atom. The molecule has 6 heterocycles. The van der Waals surface area contributed by atoms with Crippen molar-refractivity contribution in [2.24, 2.45) is 0 Å². The molecule has 4 atom stereocenters. The highest BCUT2D eigenvalue weighted by Crippen LogP contribution is 2.42. The van der Waals surface area contributed by atoms with Gasteiger partial charge in [0.05, 0.1) is 99.1 Å². The van der Waals surface area contributed by atoms with Gasteiger partial charge in [-0.15, -0.1) is 5.10 Å². The minimum atomic E-state index is -0.929. The smallest absolute Gasteiger partial charge is 0.315 e. The topological polar surface area (TPSA) is 172 Å². The molecule has 8 rings (SSSR count). The summed E-state index contributed by atoms with van der Waals surface area (Å²) in [5.41, 5.74) is 6.56. The lowest BCUT2D eigenvalue weighted by molar-refractivity contribution is -0.121. The zero-order valence-electron chi connectivity index (χ0n) is 33.1. The van der Waals surface area contributed by atoms with Gasteiger partial charge in [-0.05, 0) is 55.3 Å². The Morgan fingerprint density at radius 2 is 1.69 bits per heavy atom. The number of rotatable bonds is 21. The van der Waals surface area contributed by atoms with E-state index < -0.39 is 10.8 Å². The van der Waals surface area contributed by atoms with E-state index in [9.17, 15) is 13.8 Å². The summed E-state index contributed by atoms with van der Waals surface area (Å²) in [6.07, 6.45) is 7.81. The number of para-hydroxylation sites is 1. The van der Waals surface area contributed by atoms with E-state index in [-0.39, 0.29) is 29.3 Å². The maximum atomic E-state index is 12.4. The van der Waals surface area contributed by atoms with Crippen LogP contribution in [0.5, 0.6) is 5.75 Å². The molecule has 2 aliphatic heterocycles. The molecule has 0 bridgehead atoms. The van der Waals surface area contributed by atoms with Crippen LogP contribution in [0.1, 0.15) is 32.1 Å². The summed E-state index contributed by atoms with van der Waals surface area (Å²) >= 11 is 0. The number of methoxy groups -OCH3 is 1. The molecular weight excluding hydrogens is 773 g/mol. The average Bonchev–Trinajstić information content (AvgIpc) is 4.02. The van der Waals surface area contributed by atoms with E-state index >= 15 is 0 Å². The minimum Gasteiger partial charge on any atom is -0.497 e. The van der Waals surface area contributed by atoms with Crippen molar-refractivity contribution in [2.45, 2.75) is 56.0 Å². The number of urea groups is 1. The predicted molar refractivity (Wildman–Crippen MR) is 226 cm³/mol. The summed E-state index contributed by atoms with van der Waals surface area (Å²) in [5, 5.41) is 19.8. The highest BCUT2D eigenvalue weighted by molar-refractivity contribution is 7.86. The molecule has 16 heteroatoms. The third-order valence-electron chi connectivity index (χ3n) is 10.9.